The average molecular weight is 162 g/mol. The van der Waals surface area contributed by atoms with E-state index in [0.29, 0.717) is 5.41 Å². The first-order valence-electron chi connectivity index (χ1n) is 3.24. The maximum atomic E-state index is 10.5. The van der Waals surface area contributed by atoms with Gasteiger partial charge < -0.3 is 9.64 Å². The first-order valence-corrected chi connectivity index (χ1v) is 3.62. The summed E-state index contributed by atoms with van der Waals surface area (Å²) in [6.07, 6.45) is 0. The number of carbonyl (C=O) groups is 1. The van der Waals surface area contributed by atoms with Crippen molar-refractivity contribution < 1.29 is 9.53 Å². The van der Waals surface area contributed by atoms with E-state index in [1.807, 2.05) is 0 Å². The average Bonchev–Trinajstić information content (AvgIpc) is 1.54. The monoisotopic (exact) mass is 161 g/mol. The van der Waals surface area contributed by atoms with Gasteiger partial charge in [0.25, 0.3) is 0 Å². The zero-order valence-electron chi connectivity index (χ0n) is 5.47. The third kappa shape index (κ3) is 0.739. The Morgan fingerprint density at radius 1 is 1.50 bits per heavy atom. The molecule has 1 spiro atoms. The molecule has 4 heteroatoms. The van der Waals surface area contributed by atoms with Crippen molar-refractivity contribution in [3.63, 3.8) is 0 Å². The normalized spacial score (nSPS) is 27.5. The number of carbonyl (C=O) groups excluding carboxylic acids is 1. The van der Waals surface area contributed by atoms with Crippen LogP contribution in [0.5, 0.6) is 0 Å². The van der Waals surface area contributed by atoms with Crippen molar-refractivity contribution in [1.82, 2.24) is 4.90 Å². The van der Waals surface area contributed by atoms with E-state index in [1.165, 1.54) is 0 Å². The highest BCUT2D eigenvalue weighted by Crippen LogP contribution is 2.37. The molecule has 2 aliphatic heterocycles. The maximum Gasteiger partial charge on any atom is 0.316 e. The van der Waals surface area contributed by atoms with Gasteiger partial charge >= 0.3 is 5.37 Å². The van der Waals surface area contributed by atoms with Gasteiger partial charge in [-0.05, 0) is 11.6 Å². The summed E-state index contributed by atoms with van der Waals surface area (Å²) in [5.41, 5.74) is 0.296. The van der Waals surface area contributed by atoms with Crippen molar-refractivity contribution in [2.45, 2.75) is 0 Å². The summed E-state index contributed by atoms with van der Waals surface area (Å²) in [4.78, 5) is 12.1. The molecule has 2 saturated heterocycles. The Morgan fingerprint density at radius 2 is 2.10 bits per heavy atom. The summed E-state index contributed by atoms with van der Waals surface area (Å²) < 4.78 is 5.03. The summed E-state index contributed by atoms with van der Waals surface area (Å²) in [7, 11) is 0. The molecule has 0 radical (unpaired) electrons. The van der Waals surface area contributed by atoms with Crippen LogP contribution in [0.1, 0.15) is 0 Å². The van der Waals surface area contributed by atoms with E-state index >= 15 is 0 Å². The van der Waals surface area contributed by atoms with Crippen LogP contribution in [-0.2, 0) is 4.74 Å². The van der Waals surface area contributed by atoms with Crippen LogP contribution in [-0.4, -0.2) is 36.6 Å². The van der Waals surface area contributed by atoms with Crippen molar-refractivity contribution in [1.29, 1.82) is 0 Å². The Balaban J connectivity index is 1.88. The van der Waals surface area contributed by atoms with E-state index in [4.69, 9.17) is 16.3 Å². The summed E-state index contributed by atoms with van der Waals surface area (Å²) >= 11 is 5.23. The fourth-order valence-corrected chi connectivity index (χ4v) is 1.58. The molecule has 2 heterocycles. The summed E-state index contributed by atoms with van der Waals surface area (Å²) in [5, 5.41) is -0.336. The van der Waals surface area contributed by atoms with Gasteiger partial charge in [-0.15, -0.1) is 0 Å². The highest BCUT2D eigenvalue weighted by Gasteiger charge is 2.50. The fraction of sp³-hybridized carbons (Fsp3) is 0.833. The third-order valence-corrected chi connectivity index (χ3v) is 2.36. The van der Waals surface area contributed by atoms with Gasteiger partial charge in [-0.1, -0.05) is 0 Å². The summed E-state index contributed by atoms with van der Waals surface area (Å²) in [5.74, 6) is 0. The number of amides is 1. The first kappa shape index (κ1) is 6.43. The van der Waals surface area contributed by atoms with Crippen molar-refractivity contribution in [3.05, 3.63) is 0 Å². The van der Waals surface area contributed by atoms with Crippen LogP contribution in [0.3, 0.4) is 0 Å². The van der Waals surface area contributed by atoms with E-state index in [9.17, 15) is 4.79 Å². The highest BCUT2D eigenvalue weighted by molar-refractivity contribution is 6.62. The van der Waals surface area contributed by atoms with Crippen molar-refractivity contribution in [2.75, 3.05) is 26.3 Å². The van der Waals surface area contributed by atoms with Gasteiger partial charge in [0.05, 0.1) is 18.6 Å². The van der Waals surface area contributed by atoms with Crippen LogP contribution in [0.15, 0.2) is 0 Å². The second-order valence-corrected chi connectivity index (χ2v) is 3.43. The van der Waals surface area contributed by atoms with Gasteiger partial charge in [0.15, 0.2) is 0 Å². The molecule has 0 unspecified atom stereocenters. The van der Waals surface area contributed by atoms with E-state index in [2.05, 4.69) is 0 Å². The molecule has 1 amide bonds. The van der Waals surface area contributed by atoms with E-state index < -0.39 is 0 Å². The lowest BCUT2D eigenvalue weighted by atomic mass is 9.78. The van der Waals surface area contributed by atoms with Gasteiger partial charge in [-0.2, -0.15) is 0 Å². The fourth-order valence-electron chi connectivity index (χ4n) is 1.46. The van der Waals surface area contributed by atoms with Crippen LogP contribution in [0.2, 0.25) is 0 Å². The smallest absolute Gasteiger partial charge is 0.316 e. The molecule has 56 valence electrons. The van der Waals surface area contributed by atoms with Gasteiger partial charge in [0, 0.05) is 13.1 Å². The molecule has 2 fully saturated rings. The third-order valence-electron chi connectivity index (χ3n) is 2.12. The molecule has 0 aromatic rings. The van der Waals surface area contributed by atoms with Crippen LogP contribution >= 0.6 is 11.6 Å². The number of nitrogens with zero attached hydrogens (tertiary/aromatic N) is 1. The van der Waals surface area contributed by atoms with Crippen molar-refractivity contribution >= 4 is 17.0 Å². The van der Waals surface area contributed by atoms with E-state index in [0.717, 1.165) is 26.3 Å². The minimum atomic E-state index is -0.336. The molecule has 0 aromatic heterocycles. The van der Waals surface area contributed by atoms with Gasteiger partial charge in [-0.3, -0.25) is 4.79 Å². The molecule has 2 rings (SSSR count). The van der Waals surface area contributed by atoms with E-state index in [1.54, 1.807) is 4.90 Å². The van der Waals surface area contributed by atoms with Crippen LogP contribution in [0.25, 0.3) is 0 Å². The Bertz CT molecular complexity index is 171. The molecule has 2 aliphatic rings. The Labute approximate surface area is 63.9 Å². The number of hydrogen-bond donors (Lipinski definition) is 0. The zero-order chi connectivity index (χ0) is 7.19. The minimum Gasteiger partial charge on any atom is -0.380 e. The quantitative estimate of drug-likeness (QED) is 0.386. The van der Waals surface area contributed by atoms with Crippen molar-refractivity contribution in [2.24, 2.45) is 5.41 Å². The Kier molecular flexibility index (Phi) is 1.20. The SMILES string of the molecule is O=C(Cl)N1CC2(COC2)C1. The lowest BCUT2D eigenvalue weighted by molar-refractivity contribution is -0.173. The Morgan fingerprint density at radius 3 is 2.40 bits per heavy atom. The van der Waals surface area contributed by atoms with Crippen LogP contribution in [0.4, 0.5) is 4.79 Å². The molecule has 0 saturated carbocycles. The number of hydrogen-bond acceptors (Lipinski definition) is 2. The predicted octanol–water partition coefficient (Wildman–Crippen LogP) is 0.677. The molecular formula is C6H8ClNO2. The lowest BCUT2D eigenvalue weighted by Gasteiger charge is -2.54. The van der Waals surface area contributed by atoms with Crippen molar-refractivity contribution in [3.8, 4) is 0 Å². The van der Waals surface area contributed by atoms with Crippen LogP contribution < -0.4 is 0 Å². The van der Waals surface area contributed by atoms with E-state index in [-0.39, 0.29) is 5.37 Å². The highest BCUT2D eigenvalue weighted by atomic mass is 35.5. The Hall–Kier alpha value is -0.280. The number of ether oxygens (including phenoxy) is 1. The van der Waals surface area contributed by atoms with Gasteiger partial charge in [0.1, 0.15) is 0 Å². The summed E-state index contributed by atoms with van der Waals surface area (Å²) in [6, 6.07) is 0. The number of rotatable bonds is 0. The standard InChI is InChI=1S/C6H8ClNO2/c7-5(9)8-1-6(2-8)3-10-4-6/h1-4H2. The summed E-state index contributed by atoms with van der Waals surface area (Å²) in [6.45, 7) is 3.17. The molecule has 3 nitrogen and oxygen atoms in total. The second-order valence-electron chi connectivity index (χ2n) is 3.10. The molecule has 0 aliphatic carbocycles. The topological polar surface area (TPSA) is 29.5 Å². The minimum absolute atomic E-state index is 0.296. The van der Waals surface area contributed by atoms with Gasteiger partial charge in [-0.25, -0.2) is 0 Å². The molecule has 0 aromatic carbocycles. The molecule has 0 bridgehead atoms. The first-order chi connectivity index (χ1) is 4.72. The predicted molar refractivity (Wildman–Crippen MR) is 36.1 cm³/mol. The van der Waals surface area contributed by atoms with Gasteiger partial charge in [0.2, 0.25) is 0 Å². The molecule has 10 heavy (non-hydrogen) atoms. The van der Waals surface area contributed by atoms with Crippen LogP contribution in [0, 0.1) is 5.41 Å². The lowest BCUT2D eigenvalue weighted by Crippen LogP contribution is -2.66. The molecular weight excluding hydrogens is 154 g/mol. The molecule has 0 atom stereocenters. The largest absolute Gasteiger partial charge is 0.380 e. The zero-order valence-corrected chi connectivity index (χ0v) is 6.23. The number of halogens is 1. The molecule has 0 N–H and O–H groups in total. The maximum absolute atomic E-state index is 10.5. The second kappa shape index (κ2) is 1.86. The number of likely N-dealkylation sites (tertiary alicyclic amines) is 1.